The molecule has 2 rings (SSSR count). The van der Waals surface area contributed by atoms with Crippen molar-refractivity contribution in [2.75, 3.05) is 6.61 Å². The predicted octanol–water partition coefficient (Wildman–Crippen LogP) is 13.9. The lowest BCUT2D eigenvalue weighted by Crippen LogP contribution is -2.07. The van der Waals surface area contributed by atoms with Gasteiger partial charge in [-0.05, 0) is 23.3 Å². The van der Waals surface area contributed by atoms with Crippen molar-refractivity contribution in [1.29, 1.82) is 0 Å². The molecule has 0 bridgehead atoms. The first-order chi connectivity index (χ1) is 21.3. The molecule has 0 amide bonds. The van der Waals surface area contributed by atoms with Crippen molar-refractivity contribution in [1.82, 2.24) is 0 Å². The van der Waals surface area contributed by atoms with E-state index >= 15 is 0 Å². The standard InChI is InChI=1S/C41H68O2/c1-2-3-4-5-6-7-8-9-10-11-12-13-14-15-16-17-18-19-20-21-22-23-24-25-26-27-28-31-37-43-41(42)40-36-32-34-38-33-29-30-35-39(38)40/h29-30,32-36H,2-28,31,37H2,1H3. The summed E-state index contributed by atoms with van der Waals surface area (Å²) in [4.78, 5) is 12.5. The Hall–Kier alpha value is -1.83. The predicted molar refractivity (Wildman–Crippen MR) is 189 cm³/mol. The van der Waals surface area contributed by atoms with E-state index in [1.54, 1.807) is 0 Å². The number of benzene rings is 2. The highest BCUT2D eigenvalue weighted by Crippen LogP contribution is 2.20. The topological polar surface area (TPSA) is 26.3 Å². The zero-order valence-corrected chi connectivity index (χ0v) is 28.4. The van der Waals surface area contributed by atoms with E-state index in [0.717, 1.165) is 23.6 Å². The van der Waals surface area contributed by atoms with Crippen molar-refractivity contribution >= 4 is 16.7 Å². The van der Waals surface area contributed by atoms with Crippen LogP contribution in [0.4, 0.5) is 0 Å². The lowest BCUT2D eigenvalue weighted by Gasteiger charge is -2.07. The number of ether oxygens (including phenoxy) is 1. The second-order valence-corrected chi connectivity index (χ2v) is 13.2. The molecule has 0 saturated carbocycles. The molecule has 2 heteroatoms. The average molecular weight is 593 g/mol. The Balaban J connectivity index is 1.22. The fourth-order valence-corrected chi connectivity index (χ4v) is 6.42. The highest BCUT2D eigenvalue weighted by atomic mass is 16.5. The minimum atomic E-state index is -0.193. The highest BCUT2D eigenvalue weighted by Gasteiger charge is 2.10. The molecule has 0 aromatic heterocycles. The van der Waals surface area contributed by atoms with Gasteiger partial charge in [0.1, 0.15) is 0 Å². The lowest BCUT2D eigenvalue weighted by molar-refractivity contribution is 0.0500. The van der Waals surface area contributed by atoms with Crippen LogP contribution in [0.5, 0.6) is 0 Å². The zero-order valence-electron chi connectivity index (χ0n) is 28.4. The number of esters is 1. The van der Waals surface area contributed by atoms with Gasteiger partial charge in [0.15, 0.2) is 0 Å². The maximum absolute atomic E-state index is 12.5. The zero-order chi connectivity index (χ0) is 30.5. The molecule has 0 aliphatic rings. The van der Waals surface area contributed by atoms with E-state index in [1.807, 2.05) is 42.5 Å². The molecular weight excluding hydrogens is 524 g/mol. The second-order valence-electron chi connectivity index (χ2n) is 13.2. The lowest BCUT2D eigenvalue weighted by atomic mass is 10.0. The molecule has 43 heavy (non-hydrogen) atoms. The molecule has 2 aromatic carbocycles. The molecular formula is C41H68O2. The molecule has 0 atom stereocenters. The van der Waals surface area contributed by atoms with Crippen LogP contribution in [0, 0.1) is 0 Å². The van der Waals surface area contributed by atoms with Crippen LogP contribution in [0.2, 0.25) is 0 Å². The van der Waals surface area contributed by atoms with E-state index in [9.17, 15) is 4.79 Å². The summed E-state index contributed by atoms with van der Waals surface area (Å²) in [6.07, 6.45) is 39.4. The number of carbonyl (C=O) groups is 1. The van der Waals surface area contributed by atoms with Gasteiger partial charge in [-0.2, -0.15) is 0 Å². The largest absolute Gasteiger partial charge is 0.462 e. The van der Waals surface area contributed by atoms with Crippen molar-refractivity contribution < 1.29 is 9.53 Å². The van der Waals surface area contributed by atoms with Crippen LogP contribution < -0.4 is 0 Å². The Bertz CT molecular complexity index is 898. The summed E-state index contributed by atoms with van der Waals surface area (Å²) in [6.45, 7) is 2.83. The molecule has 0 aliphatic heterocycles. The molecule has 0 unspecified atom stereocenters. The van der Waals surface area contributed by atoms with E-state index in [0.29, 0.717) is 12.2 Å². The third kappa shape index (κ3) is 19.9. The van der Waals surface area contributed by atoms with Gasteiger partial charge in [-0.25, -0.2) is 4.79 Å². The number of carbonyl (C=O) groups excluding carboxylic acids is 1. The van der Waals surface area contributed by atoms with Gasteiger partial charge in [0.2, 0.25) is 0 Å². The molecule has 244 valence electrons. The van der Waals surface area contributed by atoms with Crippen molar-refractivity contribution in [3.8, 4) is 0 Å². The summed E-state index contributed by atoms with van der Waals surface area (Å²) in [6, 6.07) is 13.8. The first-order valence-corrected chi connectivity index (χ1v) is 19.0. The van der Waals surface area contributed by atoms with Gasteiger partial charge in [0.25, 0.3) is 0 Å². The third-order valence-electron chi connectivity index (χ3n) is 9.24. The van der Waals surface area contributed by atoms with Crippen molar-refractivity contribution in [3.05, 3.63) is 48.0 Å². The highest BCUT2D eigenvalue weighted by molar-refractivity contribution is 6.04. The van der Waals surface area contributed by atoms with E-state index in [2.05, 4.69) is 6.92 Å². The Labute approximate surface area is 267 Å². The fraction of sp³-hybridized carbons (Fsp3) is 0.732. The van der Waals surface area contributed by atoms with Crippen LogP contribution in [0.1, 0.15) is 197 Å². The van der Waals surface area contributed by atoms with Gasteiger partial charge in [0, 0.05) is 0 Å². The van der Waals surface area contributed by atoms with Gasteiger partial charge in [-0.3, -0.25) is 0 Å². The maximum atomic E-state index is 12.5. The maximum Gasteiger partial charge on any atom is 0.338 e. The molecule has 0 heterocycles. The summed E-state index contributed by atoms with van der Waals surface area (Å²) in [5.74, 6) is -0.193. The number of fused-ring (bicyclic) bond motifs is 1. The molecule has 0 aliphatic carbocycles. The minimum absolute atomic E-state index is 0.193. The van der Waals surface area contributed by atoms with E-state index in [1.165, 1.54) is 167 Å². The first-order valence-electron chi connectivity index (χ1n) is 19.0. The van der Waals surface area contributed by atoms with E-state index < -0.39 is 0 Å². The molecule has 0 saturated heterocycles. The van der Waals surface area contributed by atoms with Crippen molar-refractivity contribution in [2.45, 2.75) is 187 Å². The number of unbranched alkanes of at least 4 members (excludes halogenated alkanes) is 27. The molecule has 0 fully saturated rings. The van der Waals surface area contributed by atoms with Crippen LogP contribution >= 0.6 is 0 Å². The quantitative estimate of drug-likeness (QED) is 0.0666. The number of hydrogen-bond acceptors (Lipinski definition) is 2. The third-order valence-corrected chi connectivity index (χ3v) is 9.24. The molecule has 0 N–H and O–H groups in total. The molecule has 0 spiro atoms. The monoisotopic (exact) mass is 593 g/mol. The Morgan fingerprint density at radius 1 is 0.442 bits per heavy atom. The van der Waals surface area contributed by atoms with E-state index in [-0.39, 0.29) is 5.97 Å². The van der Waals surface area contributed by atoms with Crippen molar-refractivity contribution in [3.63, 3.8) is 0 Å². The fourth-order valence-electron chi connectivity index (χ4n) is 6.42. The van der Waals surface area contributed by atoms with Crippen LogP contribution in [-0.4, -0.2) is 12.6 Å². The van der Waals surface area contributed by atoms with Gasteiger partial charge < -0.3 is 4.74 Å². The van der Waals surface area contributed by atoms with Gasteiger partial charge in [-0.1, -0.05) is 217 Å². The van der Waals surface area contributed by atoms with E-state index in [4.69, 9.17) is 4.74 Å². The van der Waals surface area contributed by atoms with Crippen LogP contribution in [0.3, 0.4) is 0 Å². The summed E-state index contributed by atoms with van der Waals surface area (Å²) in [5.41, 5.74) is 0.679. The Morgan fingerprint density at radius 3 is 1.21 bits per heavy atom. The minimum Gasteiger partial charge on any atom is -0.462 e. The summed E-state index contributed by atoms with van der Waals surface area (Å²) in [5, 5.41) is 2.06. The normalized spacial score (nSPS) is 11.4. The summed E-state index contributed by atoms with van der Waals surface area (Å²) < 4.78 is 5.56. The summed E-state index contributed by atoms with van der Waals surface area (Å²) in [7, 11) is 0. The smallest absolute Gasteiger partial charge is 0.338 e. The Morgan fingerprint density at radius 2 is 0.791 bits per heavy atom. The Kier molecular flexibility index (Phi) is 24.1. The van der Waals surface area contributed by atoms with Crippen LogP contribution in [0.25, 0.3) is 10.8 Å². The van der Waals surface area contributed by atoms with Crippen molar-refractivity contribution in [2.24, 2.45) is 0 Å². The SMILES string of the molecule is CCCCCCCCCCCCCCCCCCCCCCCCCCCCCCOC(=O)c1cccc2ccccc12. The van der Waals surface area contributed by atoms with Crippen LogP contribution in [0.15, 0.2) is 42.5 Å². The van der Waals surface area contributed by atoms with Gasteiger partial charge in [0.05, 0.1) is 12.2 Å². The molecule has 0 radical (unpaired) electrons. The molecule has 2 nitrogen and oxygen atoms in total. The van der Waals surface area contributed by atoms with Crippen LogP contribution in [-0.2, 0) is 4.74 Å². The average Bonchev–Trinajstić information content (AvgIpc) is 3.03. The second kappa shape index (κ2) is 27.7. The van der Waals surface area contributed by atoms with Gasteiger partial charge in [-0.15, -0.1) is 0 Å². The van der Waals surface area contributed by atoms with Gasteiger partial charge >= 0.3 is 5.97 Å². The first kappa shape index (κ1) is 37.4. The number of hydrogen-bond donors (Lipinski definition) is 0. The molecule has 2 aromatic rings. The summed E-state index contributed by atoms with van der Waals surface area (Å²) >= 11 is 0. The number of rotatable bonds is 30.